The number of aryl methyl sites for hydroxylation is 1. The van der Waals surface area contributed by atoms with Crippen LogP contribution in [0.4, 0.5) is 10.1 Å². The quantitative estimate of drug-likeness (QED) is 0.886. The Kier molecular flexibility index (Phi) is 3.92. The van der Waals surface area contributed by atoms with E-state index in [0.717, 1.165) is 23.6 Å². The van der Waals surface area contributed by atoms with E-state index in [9.17, 15) is 4.39 Å². The first-order valence-corrected chi connectivity index (χ1v) is 7.32. The Labute approximate surface area is 124 Å². The second kappa shape index (κ2) is 5.85. The third-order valence-corrected chi connectivity index (χ3v) is 3.85. The van der Waals surface area contributed by atoms with E-state index in [1.807, 2.05) is 35.8 Å². The molecule has 4 nitrogen and oxygen atoms in total. The van der Waals surface area contributed by atoms with E-state index < -0.39 is 0 Å². The summed E-state index contributed by atoms with van der Waals surface area (Å²) in [5, 5.41) is 3.42. The van der Waals surface area contributed by atoms with E-state index in [0.29, 0.717) is 12.6 Å². The number of hydrogen-bond acceptors (Lipinski definition) is 3. The zero-order chi connectivity index (χ0) is 14.8. The van der Waals surface area contributed by atoms with Gasteiger partial charge in [0.05, 0.1) is 6.54 Å². The molecule has 5 heteroatoms. The summed E-state index contributed by atoms with van der Waals surface area (Å²) in [6.07, 6.45) is 6.17. The first-order valence-electron chi connectivity index (χ1n) is 7.32. The number of nitrogens with zero attached hydrogens (tertiary/aromatic N) is 3. The SMILES string of the molecule is CN(Cc1nccn1C)c1cc(F)cc(CNC2CC2)c1. The summed E-state index contributed by atoms with van der Waals surface area (Å²) in [7, 11) is 3.92. The molecule has 1 aromatic carbocycles. The average molecular weight is 288 g/mol. The van der Waals surface area contributed by atoms with E-state index in [4.69, 9.17) is 0 Å². The average Bonchev–Trinajstić information content (AvgIpc) is 3.20. The lowest BCUT2D eigenvalue weighted by molar-refractivity contribution is 0.618. The second-order valence-electron chi connectivity index (χ2n) is 5.78. The van der Waals surface area contributed by atoms with E-state index in [-0.39, 0.29) is 5.82 Å². The van der Waals surface area contributed by atoms with Crippen LogP contribution in [0.2, 0.25) is 0 Å². The molecular weight excluding hydrogens is 267 g/mol. The minimum Gasteiger partial charge on any atom is -0.367 e. The van der Waals surface area contributed by atoms with Crippen molar-refractivity contribution in [1.82, 2.24) is 14.9 Å². The van der Waals surface area contributed by atoms with Crippen LogP contribution in [0.15, 0.2) is 30.6 Å². The maximum Gasteiger partial charge on any atom is 0.127 e. The molecule has 0 saturated heterocycles. The van der Waals surface area contributed by atoms with Gasteiger partial charge in [0.1, 0.15) is 11.6 Å². The molecule has 1 fully saturated rings. The lowest BCUT2D eigenvalue weighted by Gasteiger charge is -2.20. The molecule has 1 aliphatic carbocycles. The zero-order valence-corrected chi connectivity index (χ0v) is 12.5. The Morgan fingerprint density at radius 3 is 2.86 bits per heavy atom. The molecule has 0 bridgehead atoms. The molecular formula is C16H21FN4. The fraction of sp³-hybridized carbons (Fsp3) is 0.438. The lowest BCUT2D eigenvalue weighted by Crippen LogP contribution is -2.20. The predicted octanol–water partition coefficient (Wildman–Crippen LogP) is 2.45. The standard InChI is InChI=1S/C16H21FN4/c1-20-6-5-18-16(20)11-21(2)15-8-12(7-13(17)9-15)10-19-14-3-4-14/h5-9,14,19H,3-4,10-11H2,1-2H3. The minimum atomic E-state index is -0.188. The summed E-state index contributed by atoms with van der Waals surface area (Å²) in [4.78, 5) is 6.33. The highest BCUT2D eigenvalue weighted by Crippen LogP contribution is 2.22. The van der Waals surface area contributed by atoms with Gasteiger partial charge in [0, 0.05) is 44.8 Å². The van der Waals surface area contributed by atoms with Gasteiger partial charge in [0.15, 0.2) is 0 Å². The maximum absolute atomic E-state index is 13.8. The molecule has 1 heterocycles. The summed E-state index contributed by atoms with van der Waals surface area (Å²) < 4.78 is 15.8. The van der Waals surface area contributed by atoms with Gasteiger partial charge < -0.3 is 14.8 Å². The lowest BCUT2D eigenvalue weighted by atomic mass is 10.1. The summed E-state index contributed by atoms with van der Waals surface area (Å²) in [6, 6.07) is 5.85. The van der Waals surface area contributed by atoms with E-state index in [1.165, 1.54) is 12.8 Å². The number of anilines is 1. The van der Waals surface area contributed by atoms with Crippen LogP contribution in [0.5, 0.6) is 0 Å². The molecule has 0 radical (unpaired) electrons. The van der Waals surface area contributed by atoms with Crippen LogP contribution in [-0.4, -0.2) is 22.6 Å². The number of imidazole rings is 1. The number of rotatable bonds is 6. The van der Waals surface area contributed by atoms with Crippen molar-refractivity contribution in [1.29, 1.82) is 0 Å². The van der Waals surface area contributed by atoms with Gasteiger partial charge in [-0.3, -0.25) is 0 Å². The molecule has 1 saturated carbocycles. The Morgan fingerprint density at radius 1 is 1.38 bits per heavy atom. The molecule has 1 aliphatic rings. The smallest absolute Gasteiger partial charge is 0.127 e. The predicted molar refractivity (Wildman–Crippen MR) is 81.6 cm³/mol. The van der Waals surface area contributed by atoms with Gasteiger partial charge in [0.2, 0.25) is 0 Å². The molecule has 0 aliphatic heterocycles. The minimum absolute atomic E-state index is 0.188. The Balaban J connectivity index is 1.71. The molecule has 1 aromatic heterocycles. The first-order chi connectivity index (χ1) is 10.1. The van der Waals surface area contributed by atoms with Crippen molar-refractivity contribution in [3.8, 4) is 0 Å². The molecule has 0 amide bonds. The fourth-order valence-electron chi connectivity index (χ4n) is 2.36. The van der Waals surface area contributed by atoms with E-state index >= 15 is 0 Å². The molecule has 21 heavy (non-hydrogen) atoms. The fourth-order valence-corrected chi connectivity index (χ4v) is 2.36. The Bertz CT molecular complexity index is 618. The maximum atomic E-state index is 13.8. The van der Waals surface area contributed by atoms with Gasteiger partial charge >= 0.3 is 0 Å². The zero-order valence-electron chi connectivity index (χ0n) is 12.5. The van der Waals surface area contributed by atoms with Crippen molar-refractivity contribution in [3.63, 3.8) is 0 Å². The molecule has 0 atom stereocenters. The molecule has 0 spiro atoms. The highest BCUT2D eigenvalue weighted by Gasteiger charge is 2.20. The monoisotopic (exact) mass is 288 g/mol. The highest BCUT2D eigenvalue weighted by molar-refractivity contribution is 5.48. The Hall–Kier alpha value is -1.88. The third-order valence-electron chi connectivity index (χ3n) is 3.85. The van der Waals surface area contributed by atoms with Gasteiger partial charge in [-0.25, -0.2) is 9.37 Å². The van der Waals surface area contributed by atoms with Crippen LogP contribution in [0.1, 0.15) is 24.2 Å². The summed E-state index contributed by atoms with van der Waals surface area (Å²) in [5.74, 6) is 0.770. The number of halogens is 1. The van der Waals surface area contributed by atoms with E-state index in [2.05, 4.69) is 10.3 Å². The number of hydrogen-bond donors (Lipinski definition) is 1. The van der Waals surface area contributed by atoms with Gasteiger partial charge in [-0.15, -0.1) is 0 Å². The van der Waals surface area contributed by atoms with Gasteiger partial charge in [-0.1, -0.05) is 0 Å². The highest BCUT2D eigenvalue weighted by atomic mass is 19.1. The number of nitrogens with one attached hydrogen (secondary N) is 1. The summed E-state index contributed by atoms with van der Waals surface area (Å²) in [6.45, 7) is 1.38. The van der Waals surface area contributed by atoms with Crippen molar-refractivity contribution in [2.45, 2.75) is 32.0 Å². The topological polar surface area (TPSA) is 33.1 Å². The molecule has 3 rings (SSSR count). The summed E-state index contributed by atoms with van der Waals surface area (Å²) >= 11 is 0. The number of aromatic nitrogens is 2. The Morgan fingerprint density at radius 2 is 2.19 bits per heavy atom. The molecule has 2 aromatic rings. The third kappa shape index (κ3) is 3.61. The molecule has 112 valence electrons. The molecule has 0 unspecified atom stereocenters. The van der Waals surface area contributed by atoms with Crippen LogP contribution in [0.3, 0.4) is 0 Å². The van der Waals surface area contributed by atoms with Crippen molar-refractivity contribution in [2.24, 2.45) is 7.05 Å². The van der Waals surface area contributed by atoms with Gasteiger partial charge in [0.25, 0.3) is 0 Å². The first kappa shape index (κ1) is 14.1. The van der Waals surface area contributed by atoms with Crippen LogP contribution < -0.4 is 10.2 Å². The van der Waals surface area contributed by atoms with Crippen LogP contribution in [-0.2, 0) is 20.1 Å². The van der Waals surface area contributed by atoms with E-state index in [1.54, 1.807) is 18.3 Å². The van der Waals surface area contributed by atoms with Crippen molar-refractivity contribution >= 4 is 5.69 Å². The molecule has 1 N–H and O–H groups in total. The second-order valence-corrected chi connectivity index (χ2v) is 5.78. The van der Waals surface area contributed by atoms with Crippen molar-refractivity contribution < 1.29 is 4.39 Å². The largest absolute Gasteiger partial charge is 0.367 e. The van der Waals surface area contributed by atoms with Crippen molar-refractivity contribution in [2.75, 3.05) is 11.9 Å². The van der Waals surface area contributed by atoms with Gasteiger partial charge in [-0.05, 0) is 36.6 Å². The van der Waals surface area contributed by atoms with Crippen molar-refractivity contribution in [3.05, 3.63) is 47.8 Å². The van der Waals surface area contributed by atoms with Crippen LogP contribution in [0, 0.1) is 5.82 Å². The number of benzene rings is 1. The summed E-state index contributed by atoms with van der Waals surface area (Å²) in [5.41, 5.74) is 1.87. The van der Waals surface area contributed by atoms with Gasteiger partial charge in [-0.2, -0.15) is 0 Å². The van der Waals surface area contributed by atoms with Crippen LogP contribution >= 0.6 is 0 Å². The van der Waals surface area contributed by atoms with Crippen LogP contribution in [0.25, 0.3) is 0 Å². The normalized spacial score (nSPS) is 14.4.